The van der Waals surface area contributed by atoms with Crippen molar-refractivity contribution in [1.29, 1.82) is 0 Å². The molecular weight excluding hydrogens is 294 g/mol. The summed E-state index contributed by atoms with van der Waals surface area (Å²) in [5.74, 6) is 0. The van der Waals surface area contributed by atoms with Gasteiger partial charge in [0.2, 0.25) is 0 Å². The van der Waals surface area contributed by atoms with Crippen LogP contribution in [0, 0.1) is 0 Å². The van der Waals surface area contributed by atoms with Gasteiger partial charge in [0.25, 0.3) is 0 Å². The predicted molar refractivity (Wildman–Crippen MR) is 84.5 cm³/mol. The van der Waals surface area contributed by atoms with Crippen LogP contribution in [0.2, 0.25) is 0 Å². The van der Waals surface area contributed by atoms with Crippen LogP contribution in [0.15, 0.2) is 0 Å². The van der Waals surface area contributed by atoms with Crippen molar-refractivity contribution < 1.29 is 19.7 Å². The average Bonchev–Trinajstić information content (AvgIpc) is 2.81. The maximum Gasteiger partial charge on any atom is 0.110 e. The standard InChI is InChI=1S/C12H20B2O4S2/c1-12(16,4-6-8(19)2-10(13)17-6)20-9-3-11(14)18-7(9)5-15/h6-11,15-16,19H,2-5H2,1H3/t6-,7-,8?,9?,10-,11-,12?/m1/s1. The molecular formula is C12H20B2O4S2. The Labute approximate surface area is 132 Å². The molecule has 2 rings (SSSR count). The number of hydrogen-bond acceptors (Lipinski definition) is 6. The molecule has 4 nitrogen and oxygen atoms in total. The first-order valence-electron chi connectivity index (χ1n) is 6.82. The molecule has 2 aliphatic heterocycles. The third-order valence-electron chi connectivity index (χ3n) is 3.65. The molecule has 0 saturated carbocycles. The fraction of sp³-hybridized carbons (Fsp3) is 1.00. The second-order valence-electron chi connectivity index (χ2n) is 5.68. The Morgan fingerprint density at radius 2 is 1.85 bits per heavy atom. The Morgan fingerprint density at radius 3 is 2.40 bits per heavy atom. The van der Waals surface area contributed by atoms with Gasteiger partial charge >= 0.3 is 0 Å². The first-order chi connectivity index (χ1) is 9.30. The van der Waals surface area contributed by atoms with Gasteiger partial charge in [-0.25, -0.2) is 0 Å². The van der Waals surface area contributed by atoms with Crippen LogP contribution in [0.4, 0.5) is 0 Å². The van der Waals surface area contributed by atoms with E-state index in [1.807, 2.05) is 0 Å². The molecule has 110 valence electrons. The first kappa shape index (κ1) is 17.0. The fourth-order valence-corrected chi connectivity index (χ4v) is 4.61. The van der Waals surface area contributed by atoms with E-state index in [9.17, 15) is 10.2 Å². The highest BCUT2D eigenvalue weighted by Crippen LogP contribution is 2.41. The molecule has 20 heavy (non-hydrogen) atoms. The Balaban J connectivity index is 1.90. The molecule has 2 heterocycles. The molecule has 2 N–H and O–H groups in total. The minimum atomic E-state index is -0.999. The van der Waals surface area contributed by atoms with Gasteiger partial charge in [-0.1, -0.05) is 0 Å². The molecule has 0 aromatic rings. The molecule has 0 aromatic carbocycles. The van der Waals surface area contributed by atoms with Crippen LogP contribution in [-0.2, 0) is 9.47 Å². The van der Waals surface area contributed by atoms with Crippen molar-refractivity contribution in [2.24, 2.45) is 0 Å². The van der Waals surface area contributed by atoms with Gasteiger partial charge in [-0.15, -0.1) is 11.8 Å². The highest BCUT2D eigenvalue weighted by atomic mass is 32.2. The molecule has 2 saturated heterocycles. The smallest absolute Gasteiger partial charge is 0.110 e. The van der Waals surface area contributed by atoms with Gasteiger partial charge in [0.15, 0.2) is 0 Å². The number of thioether (sulfide) groups is 1. The van der Waals surface area contributed by atoms with Crippen LogP contribution in [-0.4, -0.2) is 72.2 Å². The minimum absolute atomic E-state index is 0.0292. The monoisotopic (exact) mass is 314 g/mol. The summed E-state index contributed by atoms with van der Waals surface area (Å²) in [4.78, 5) is -0.999. The summed E-state index contributed by atoms with van der Waals surface area (Å²) < 4.78 is 11.0. The third kappa shape index (κ3) is 4.34. The second kappa shape index (κ2) is 6.84. The molecule has 0 amide bonds. The van der Waals surface area contributed by atoms with E-state index in [1.54, 1.807) is 6.92 Å². The number of rotatable bonds is 5. The predicted octanol–water partition coefficient (Wildman–Crippen LogP) is 0.0445. The van der Waals surface area contributed by atoms with Crippen LogP contribution in [0.3, 0.4) is 0 Å². The zero-order chi connectivity index (χ0) is 14.9. The SMILES string of the molecule is [B][C@H]1CC(S)[C@@H](CC(C)(O)SC2C[C@H]([B])O[C@@H]2CO)O1. The molecule has 3 unspecified atom stereocenters. The van der Waals surface area contributed by atoms with Crippen LogP contribution in [0.1, 0.15) is 26.2 Å². The Kier molecular flexibility index (Phi) is 5.82. The van der Waals surface area contributed by atoms with Gasteiger partial charge < -0.3 is 19.7 Å². The summed E-state index contributed by atoms with van der Waals surface area (Å²) in [6.45, 7) is 1.64. The summed E-state index contributed by atoms with van der Waals surface area (Å²) in [6, 6.07) is -0.689. The van der Waals surface area contributed by atoms with Crippen LogP contribution < -0.4 is 0 Å². The summed E-state index contributed by atoms with van der Waals surface area (Å²) in [6.07, 6.45) is 1.23. The number of ether oxygens (including phenoxy) is 2. The number of aliphatic hydroxyl groups is 2. The van der Waals surface area contributed by atoms with Crippen molar-refractivity contribution >= 4 is 40.1 Å². The minimum Gasteiger partial charge on any atom is -0.394 e. The molecule has 8 heteroatoms. The van der Waals surface area contributed by atoms with Crippen LogP contribution >= 0.6 is 24.4 Å². The number of hydrogen-bond donors (Lipinski definition) is 3. The first-order valence-corrected chi connectivity index (χ1v) is 8.21. The zero-order valence-electron chi connectivity index (χ0n) is 11.5. The largest absolute Gasteiger partial charge is 0.394 e. The van der Waals surface area contributed by atoms with Gasteiger partial charge in [0.1, 0.15) is 20.6 Å². The van der Waals surface area contributed by atoms with E-state index in [0.29, 0.717) is 19.3 Å². The average molecular weight is 314 g/mol. The van der Waals surface area contributed by atoms with Gasteiger partial charge in [0, 0.05) is 28.9 Å². The maximum absolute atomic E-state index is 10.6. The normalized spacial score (nSPS) is 44.6. The van der Waals surface area contributed by atoms with Gasteiger partial charge in [0.05, 0.1) is 18.8 Å². The molecule has 4 radical (unpaired) electrons. The zero-order valence-corrected chi connectivity index (χ0v) is 13.2. The van der Waals surface area contributed by atoms with E-state index in [-0.39, 0.29) is 41.3 Å². The van der Waals surface area contributed by atoms with E-state index < -0.39 is 4.93 Å². The summed E-state index contributed by atoms with van der Waals surface area (Å²) in [7, 11) is 11.5. The quantitative estimate of drug-likeness (QED) is 0.380. The van der Waals surface area contributed by atoms with E-state index in [4.69, 9.17) is 25.2 Å². The lowest BCUT2D eigenvalue weighted by molar-refractivity contribution is 0.0323. The van der Waals surface area contributed by atoms with E-state index in [1.165, 1.54) is 11.8 Å². The summed E-state index contributed by atoms with van der Waals surface area (Å²) >= 11 is 5.82. The van der Waals surface area contributed by atoms with Crippen molar-refractivity contribution in [3.8, 4) is 0 Å². The van der Waals surface area contributed by atoms with Crippen LogP contribution in [0.25, 0.3) is 0 Å². The topological polar surface area (TPSA) is 58.9 Å². The highest BCUT2D eigenvalue weighted by molar-refractivity contribution is 8.01. The van der Waals surface area contributed by atoms with Crippen molar-refractivity contribution in [3.63, 3.8) is 0 Å². The molecule has 7 atom stereocenters. The van der Waals surface area contributed by atoms with Gasteiger partial charge in [-0.05, 0) is 19.8 Å². The van der Waals surface area contributed by atoms with Crippen molar-refractivity contribution in [1.82, 2.24) is 0 Å². The maximum atomic E-state index is 10.6. The van der Waals surface area contributed by atoms with Crippen molar-refractivity contribution in [2.75, 3.05) is 6.61 Å². The van der Waals surface area contributed by atoms with E-state index in [2.05, 4.69) is 12.6 Å². The molecule has 2 aliphatic rings. The third-order valence-corrected chi connectivity index (χ3v) is 5.66. The fourth-order valence-electron chi connectivity index (χ4n) is 2.73. The summed E-state index contributed by atoms with van der Waals surface area (Å²) in [5, 5.41) is 19.9. The lowest BCUT2D eigenvalue weighted by Gasteiger charge is -2.31. The molecule has 0 aliphatic carbocycles. The van der Waals surface area contributed by atoms with Crippen LogP contribution in [0.5, 0.6) is 0 Å². The Bertz CT molecular complexity index is 335. The highest BCUT2D eigenvalue weighted by Gasteiger charge is 2.41. The second-order valence-corrected chi connectivity index (χ2v) is 8.07. The molecule has 2 fully saturated rings. The molecule has 0 bridgehead atoms. The van der Waals surface area contributed by atoms with Crippen molar-refractivity contribution in [3.05, 3.63) is 0 Å². The van der Waals surface area contributed by atoms with Gasteiger partial charge in [-0.3, -0.25) is 0 Å². The van der Waals surface area contributed by atoms with E-state index >= 15 is 0 Å². The summed E-state index contributed by atoms with van der Waals surface area (Å²) in [5.41, 5.74) is 0. The number of thiol groups is 1. The van der Waals surface area contributed by atoms with Gasteiger partial charge in [-0.2, -0.15) is 12.6 Å². The van der Waals surface area contributed by atoms with E-state index in [0.717, 1.165) is 0 Å². The lowest BCUT2D eigenvalue weighted by Crippen LogP contribution is -2.34. The molecule has 0 spiro atoms. The molecule has 0 aromatic heterocycles. The van der Waals surface area contributed by atoms with Crippen molar-refractivity contribution in [2.45, 2.75) is 65.8 Å². The lowest BCUT2D eigenvalue weighted by atomic mass is 9.96. The number of aliphatic hydroxyl groups excluding tert-OH is 1. The Hall–Kier alpha value is 0.670. The Morgan fingerprint density at radius 1 is 1.25 bits per heavy atom.